The third kappa shape index (κ3) is 3.45. The molecule has 0 spiro atoms. The molecule has 0 bridgehead atoms. The number of hydrogen-bond acceptors (Lipinski definition) is 4. The van der Waals surface area contributed by atoms with E-state index < -0.39 is 29.6 Å². The molecular formula is C22H18F2N4O3. The molecule has 1 saturated carbocycles. The van der Waals surface area contributed by atoms with Crippen LogP contribution in [0.5, 0.6) is 0 Å². The number of carboxylic acids is 1. The molecule has 31 heavy (non-hydrogen) atoms. The maximum Gasteiger partial charge on any atom is 0.305 e. The van der Waals surface area contributed by atoms with E-state index in [2.05, 4.69) is 15.4 Å². The van der Waals surface area contributed by atoms with Crippen molar-refractivity contribution in [2.45, 2.75) is 31.2 Å². The van der Waals surface area contributed by atoms with Crippen LogP contribution in [0.1, 0.15) is 52.1 Å². The van der Waals surface area contributed by atoms with Crippen molar-refractivity contribution in [3.63, 3.8) is 0 Å². The number of carboxylic acid groups (broad SMARTS) is 1. The van der Waals surface area contributed by atoms with E-state index in [1.165, 1.54) is 16.9 Å². The third-order valence-electron chi connectivity index (χ3n) is 5.89. The molecule has 7 nitrogen and oxygen atoms in total. The smallest absolute Gasteiger partial charge is 0.305 e. The molecular weight excluding hydrogens is 406 g/mol. The average molecular weight is 424 g/mol. The SMILES string of the molecule is O=C(O)C[C@H](NC(=O)c1nn(-c2ccc(F)cc2F)c2c1C[C@@H]1C[C@H]21)c1cccnc1. The van der Waals surface area contributed by atoms with E-state index in [0.717, 1.165) is 29.8 Å². The number of benzene rings is 1. The van der Waals surface area contributed by atoms with Crippen LogP contribution in [0, 0.1) is 17.6 Å². The van der Waals surface area contributed by atoms with Gasteiger partial charge >= 0.3 is 5.97 Å². The van der Waals surface area contributed by atoms with Crippen LogP contribution in [-0.2, 0) is 11.2 Å². The van der Waals surface area contributed by atoms with Gasteiger partial charge in [-0.05, 0) is 42.5 Å². The van der Waals surface area contributed by atoms with Crippen molar-refractivity contribution in [2.75, 3.05) is 0 Å². The van der Waals surface area contributed by atoms with Gasteiger partial charge in [0.15, 0.2) is 11.5 Å². The third-order valence-corrected chi connectivity index (χ3v) is 5.89. The molecule has 158 valence electrons. The molecule has 2 heterocycles. The van der Waals surface area contributed by atoms with Gasteiger partial charge in [-0.1, -0.05) is 6.07 Å². The number of fused-ring (bicyclic) bond motifs is 3. The number of carbonyl (C=O) groups is 2. The lowest BCUT2D eigenvalue weighted by atomic mass is 10.0. The Labute approximate surface area is 175 Å². The van der Waals surface area contributed by atoms with E-state index in [1.807, 2.05) is 0 Å². The number of rotatable bonds is 6. The molecule has 0 saturated heterocycles. The van der Waals surface area contributed by atoms with Gasteiger partial charge in [0.1, 0.15) is 11.5 Å². The Bertz CT molecular complexity index is 1190. The molecule has 5 rings (SSSR count). The van der Waals surface area contributed by atoms with E-state index in [0.29, 0.717) is 17.9 Å². The molecule has 1 amide bonds. The number of halogens is 2. The van der Waals surface area contributed by atoms with Crippen molar-refractivity contribution < 1.29 is 23.5 Å². The van der Waals surface area contributed by atoms with E-state index in [1.54, 1.807) is 18.3 Å². The zero-order chi connectivity index (χ0) is 21.7. The molecule has 0 unspecified atom stereocenters. The Morgan fingerprint density at radius 1 is 1.29 bits per heavy atom. The van der Waals surface area contributed by atoms with Crippen LogP contribution in [0.3, 0.4) is 0 Å². The predicted molar refractivity (Wildman–Crippen MR) is 105 cm³/mol. The fraction of sp³-hybridized carbons (Fsp3) is 0.273. The first kappa shape index (κ1) is 19.3. The Balaban J connectivity index is 1.51. The highest BCUT2D eigenvalue weighted by atomic mass is 19.1. The van der Waals surface area contributed by atoms with Gasteiger partial charge in [-0.15, -0.1) is 0 Å². The summed E-state index contributed by atoms with van der Waals surface area (Å²) in [4.78, 5) is 28.4. The van der Waals surface area contributed by atoms with Crippen molar-refractivity contribution in [1.82, 2.24) is 20.1 Å². The second-order valence-corrected chi connectivity index (χ2v) is 7.94. The molecule has 9 heteroatoms. The standard InChI is InChI=1S/C22H18F2N4O3/c23-13-3-4-18(16(24)8-13)28-21-14-6-12(14)7-15(21)20(27-28)22(31)26-17(9-19(29)30)11-2-1-5-25-10-11/h1-5,8,10,12,14,17H,6-7,9H2,(H,26,31)(H,29,30)/t12-,14-,17-/m0/s1. The topological polar surface area (TPSA) is 97.1 Å². The summed E-state index contributed by atoms with van der Waals surface area (Å²) >= 11 is 0. The minimum atomic E-state index is -1.07. The van der Waals surface area contributed by atoms with Crippen LogP contribution in [0.15, 0.2) is 42.7 Å². The summed E-state index contributed by atoms with van der Waals surface area (Å²) in [7, 11) is 0. The van der Waals surface area contributed by atoms with E-state index in [-0.39, 0.29) is 23.7 Å². The summed E-state index contributed by atoms with van der Waals surface area (Å²) in [6.07, 6.45) is 4.33. The van der Waals surface area contributed by atoms with Crippen molar-refractivity contribution in [3.05, 3.63) is 76.9 Å². The Hall–Kier alpha value is -3.62. The highest BCUT2D eigenvalue weighted by Gasteiger charge is 2.50. The van der Waals surface area contributed by atoms with Crippen LogP contribution >= 0.6 is 0 Å². The number of pyridine rings is 1. The average Bonchev–Trinajstić information content (AvgIpc) is 3.23. The van der Waals surface area contributed by atoms with Crippen LogP contribution in [0.2, 0.25) is 0 Å². The van der Waals surface area contributed by atoms with Crippen LogP contribution in [0.25, 0.3) is 5.69 Å². The number of aromatic nitrogens is 3. The second-order valence-electron chi connectivity index (χ2n) is 7.94. The first-order valence-electron chi connectivity index (χ1n) is 9.92. The van der Waals surface area contributed by atoms with Gasteiger partial charge in [-0.2, -0.15) is 5.10 Å². The molecule has 1 aromatic carbocycles. The molecule has 1 fully saturated rings. The number of nitrogens with one attached hydrogen (secondary N) is 1. The summed E-state index contributed by atoms with van der Waals surface area (Å²) in [5.41, 5.74) is 2.30. The largest absolute Gasteiger partial charge is 0.481 e. The van der Waals surface area contributed by atoms with Gasteiger partial charge in [0.2, 0.25) is 0 Å². The number of carbonyl (C=O) groups excluding carboxylic acids is 1. The van der Waals surface area contributed by atoms with E-state index in [4.69, 9.17) is 0 Å². The van der Waals surface area contributed by atoms with Gasteiger partial charge in [0.25, 0.3) is 5.91 Å². The molecule has 3 atom stereocenters. The van der Waals surface area contributed by atoms with Crippen molar-refractivity contribution in [2.24, 2.45) is 5.92 Å². The van der Waals surface area contributed by atoms with Gasteiger partial charge < -0.3 is 10.4 Å². The Kier molecular flexibility index (Phi) is 4.53. The molecule has 0 radical (unpaired) electrons. The molecule has 2 aromatic heterocycles. The summed E-state index contributed by atoms with van der Waals surface area (Å²) < 4.78 is 29.2. The second kappa shape index (κ2) is 7.26. The molecule has 2 aliphatic rings. The van der Waals surface area contributed by atoms with Crippen molar-refractivity contribution in [3.8, 4) is 5.69 Å². The van der Waals surface area contributed by atoms with Gasteiger partial charge in [0.05, 0.1) is 18.2 Å². The predicted octanol–water partition coefficient (Wildman–Crippen LogP) is 3.15. The highest BCUT2D eigenvalue weighted by Crippen LogP contribution is 2.57. The lowest BCUT2D eigenvalue weighted by molar-refractivity contribution is -0.137. The van der Waals surface area contributed by atoms with Crippen molar-refractivity contribution in [1.29, 1.82) is 0 Å². The number of hydrogen-bond donors (Lipinski definition) is 2. The highest BCUT2D eigenvalue weighted by molar-refractivity contribution is 5.95. The van der Waals surface area contributed by atoms with Gasteiger partial charge in [-0.25, -0.2) is 13.5 Å². The maximum absolute atomic E-state index is 14.5. The Morgan fingerprint density at radius 3 is 2.84 bits per heavy atom. The summed E-state index contributed by atoms with van der Waals surface area (Å²) in [5.74, 6) is -2.47. The number of nitrogens with zero attached hydrogens (tertiary/aromatic N) is 3. The number of aliphatic carboxylic acids is 1. The summed E-state index contributed by atoms with van der Waals surface area (Å²) in [5, 5.41) is 16.4. The van der Waals surface area contributed by atoms with Gasteiger partial charge in [-0.3, -0.25) is 14.6 Å². The maximum atomic E-state index is 14.5. The van der Waals surface area contributed by atoms with Crippen LogP contribution in [0.4, 0.5) is 8.78 Å². The van der Waals surface area contributed by atoms with Crippen LogP contribution in [-0.4, -0.2) is 31.7 Å². The molecule has 0 aliphatic heterocycles. The van der Waals surface area contributed by atoms with E-state index >= 15 is 0 Å². The first-order valence-corrected chi connectivity index (χ1v) is 9.92. The monoisotopic (exact) mass is 424 g/mol. The quantitative estimate of drug-likeness (QED) is 0.634. The van der Waals surface area contributed by atoms with Crippen molar-refractivity contribution >= 4 is 11.9 Å². The lowest BCUT2D eigenvalue weighted by Gasteiger charge is -2.16. The fourth-order valence-electron chi connectivity index (χ4n) is 4.37. The first-order chi connectivity index (χ1) is 14.9. The minimum absolute atomic E-state index is 0.0820. The minimum Gasteiger partial charge on any atom is -0.481 e. The lowest BCUT2D eigenvalue weighted by Crippen LogP contribution is -2.31. The fourth-order valence-corrected chi connectivity index (χ4v) is 4.37. The number of amides is 1. The Morgan fingerprint density at radius 2 is 2.13 bits per heavy atom. The summed E-state index contributed by atoms with van der Waals surface area (Å²) in [6, 6.07) is 5.79. The molecule has 2 aliphatic carbocycles. The molecule has 3 aromatic rings. The van der Waals surface area contributed by atoms with E-state index in [9.17, 15) is 23.5 Å². The normalized spacial score (nSPS) is 19.4. The summed E-state index contributed by atoms with van der Waals surface area (Å²) in [6.45, 7) is 0. The zero-order valence-electron chi connectivity index (χ0n) is 16.3. The van der Waals surface area contributed by atoms with Crippen LogP contribution < -0.4 is 5.32 Å². The van der Waals surface area contributed by atoms with Gasteiger partial charge in [0, 0.05) is 29.9 Å². The molecule has 2 N–H and O–H groups in total. The zero-order valence-corrected chi connectivity index (χ0v) is 16.3.